The number of hydrogen-bond donors (Lipinski definition) is 0. The molecule has 0 aromatic carbocycles. The Bertz CT molecular complexity index is 224. The van der Waals surface area contributed by atoms with Crippen molar-refractivity contribution in [3.63, 3.8) is 0 Å². The van der Waals surface area contributed by atoms with E-state index in [-0.39, 0.29) is 6.54 Å². The van der Waals surface area contributed by atoms with Crippen molar-refractivity contribution in [2.24, 2.45) is 0 Å². The minimum atomic E-state index is -4.92. The van der Waals surface area contributed by atoms with Crippen LogP contribution < -0.4 is 0 Å². The molecule has 0 spiro atoms. The van der Waals surface area contributed by atoms with Crippen LogP contribution in [0.5, 0.6) is 0 Å². The van der Waals surface area contributed by atoms with Gasteiger partial charge in [-0.2, -0.15) is 13.2 Å². The van der Waals surface area contributed by atoms with Crippen molar-refractivity contribution in [1.29, 1.82) is 0 Å². The highest BCUT2D eigenvalue weighted by Crippen LogP contribution is 2.17. The van der Waals surface area contributed by atoms with Crippen molar-refractivity contribution in [3.8, 4) is 0 Å². The zero-order valence-corrected chi connectivity index (χ0v) is 6.67. The molecule has 0 saturated heterocycles. The second-order valence-electron chi connectivity index (χ2n) is 2.52. The van der Waals surface area contributed by atoms with Gasteiger partial charge in [0.2, 0.25) is 0 Å². The molecule has 0 atom stereocenters. The molecular weight excluding hydrogens is 187 g/mol. The Labute approximate surface area is 72.7 Å². The number of nitrogens with zero attached hydrogens (tertiary/aromatic N) is 1. The molecule has 1 aliphatic heterocycles. The molecule has 0 unspecified atom stereocenters. The van der Waals surface area contributed by atoms with Gasteiger partial charge in [-0.3, -0.25) is 0 Å². The summed E-state index contributed by atoms with van der Waals surface area (Å²) in [5, 5.41) is 0.982. The Morgan fingerprint density at radius 2 is 2.08 bits per heavy atom. The fourth-order valence-corrected chi connectivity index (χ4v) is 0.872. The van der Waals surface area contributed by atoms with E-state index in [4.69, 9.17) is 0 Å². The predicted molar refractivity (Wildman–Crippen MR) is 37.5 cm³/mol. The zero-order chi connectivity index (χ0) is 9.90. The Morgan fingerprint density at radius 3 is 2.54 bits per heavy atom. The molecule has 74 valence electrons. The Morgan fingerprint density at radius 1 is 1.38 bits per heavy atom. The highest BCUT2D eigenvalue weighted by atomic mass is 19.4. The number of rotatable bonds is 1. The van der Waals surface area contributed by atoms with E-state index in [0.29, 0.717) is 13.0 Å². The zero-order valence-electron chi connectivity index (χ0n) is 6.67. The first-order valence-electron chi connectivity index (χ1n) is 3.69. The topological polar surface area (TPSA) is 29.5 Å². The molecule has 1 aliphatic rings. The highest BCUT2D eigenvalue weighted by molar-refractivity contribution is 5.75. The molecule has 6 heteroatoms. The Hall–Kier alpha value is -1.04. The lowest BCUT2D eigenvalue weighted by Gasteiger charge is -2.21. The molecule has 0 bridgehead atoms. The van der Waals surface area contributed by atoms with Crippen LogP contribution in [0.3, 0.4) is 0 Å². The molecular formula is C7H8F3NO2. The van der Waals surface area contributed by atoms with Gasteiger partial charge in [0.25, 0.3) is 0 Å². The summed E-state index contributed by atoms with van der Waals surface area (Å²) in [6.45, 7) is 0.514. The van der Waals surface area contributed by atoms with Crippen LogP contribution in [0.2, 0.25) is 0 Å². The molecule has 1 rings (SSSR count). The number of carbonyl (C=O) groups excluding carboxylic acids is 1. The van der Waals surface area contributed by atoms with Gasteiger partial charge in [-0.15, -0.1) is 5.06 Å². The third kappa shape index (κ3) is 3.06. The minimum Gasteiger partial charge on any atom is -0.360 e. The molecule has 0 saturated carbocycles. The van der Waals surface area contributed by atoms with Gasteiger partial charge in [0.15, 0.2) is 0 Å². The Balaban J connectivity index is 2.40. The van der Waals surface area contributed by atoms with Crippen molar-refractivity contribution >= 4 is 5.97 Å². The standard InChI is InChI=1S/C7H8F3NO2/c8-7(9,10)6(12)13-11-4-2-1-3-5-11/h1-2H,3-5H2. The number of hydrogen-bond acceptors (Lipinski definition) is 3. The van der Waals surface area contributed by atoms with E-state index in [1.165, 1.54) is 0 Å². The van der Waals surface area contributed by atoms with Crippen molar-refractivity contribution in [1.82, 2.24) is 5.06 Å². The molecule has 3 nitrogen and oxygen atoms in total. The monoisotopic (exact) mass is 195 g/mol. The lowest BCUT2D eigenvalue weighted by Crippen LogP contribution is -2.36. The summed E-state index contributed by atoms with van der Waals surface area (Å²) >= 11 is 0. The van der Waals surface area contributed by atoms with Gasteiger partial charge in [0.05, 0.1) is 6.54 Å². The van der Waals surface area contributed by atoms with Crippen LogP contribution in [0.1, 0.15) is 6.42 Å². The average Bonchev–Trinajstić information content (AvgIpc) is 2.04. The number of halogens is 3. The van der Waals surface area contributed by atoms with Gasteiger partial charge in [-0.1, -0.05) is 12.2 Å². The third-order valence-corrected chi connectivity index (χ3v) is 1.46. The van der Waals surface area contributed by atoms with Crippen molar-refractivity contribution in [2.45, 2.75) is 12.6 Å². The molecule has 13 heavy (non-hydrogen) atoms. The van der Waals surface area contributed by atoms with Crippen LogP contribution in [0.4, 0.5) is 13.2 Å². The van der Waals surface area contributed by atoms with E-state index in [9.17, 15) is 18.0 Å². The summed E-state index contributed by atoms with van der Waals surface area (Å²) < 4.78 is 35.1. The van der Waals surface area contributed by atoms with E-state index in [0.717, 1.165) is 5.06 Å². The molecule has 0 N–H and O–H groups in total. The quantitative estimate of drug-likeness (QED) is 0.590. The van der Waals surface area contributed by atoms with E-state index in [1.54, 1.807) is 6.08 Å². The SMILES string of the molecule is O=C(ON1CC=CCC1)C(F)(F)F. The summed E-state index contributed by atoms with van der Waals surface area (Å²) in [6, 6.07) is 0. The maximum absolute atomic E-state index is 11.7. The summed E-state index contributed by atoms with van der Waals surface area (Å²) in [4.78, 5) is 14.4. The first-order chi connectivity index (χ1) is 6.00. The van der Waals surface area contributed by atoms with Gasteiger partial charge in [0.1, 0.15) is 0 Å². The van der Waals surface area contributed by atoms with Gasteiger partial charge >= 0.3 is 12.1 Å². The first kappa shape index (κ1) is 10.0. The fourth-order valence-electron chi connectivity index (χ4n) is 0.872. The lowest BCUT2D eigenvalue weighted by molar-refractivity contribution is -0.237. The van der Waals surface area contributed by atoms with Crippen molar-refractivity contribution in [2.75, 3.05) is 13.1 Å². The van der Waals surface area contributed by atoms with Crippen LogP contribution >= 0.6 is 0 Å². The smallest absolute Gasteiger partial charge is 0.360 e. The van der Waals surface area contributed by atoms with Gasteiger partial charge in [0, 0.05) is 6.54 Å². The molecule has 1 heterocycles. The number of hydroxylamine groups is 2. The molecule has 0 radical (unpaired) electrons. The molecule has 0 aliphatic carbocycles. The van der Waals surface area contributed by atoms with Crippen molar-refractivity contribution in [3.05, 3.63) is 12.2 Å². The third-order valence-electron chi connectivity index (χ3n) is 1.46. The first-order valence-corrected chi connectivity index (χ1v) is 3.69. The minimum absolute atomic E-state index is 0.210. The average molecular weight is 195 g/mol. The summed E-state index contributed by atoms with van der Waals surface area (Å²) in [5.74, 6) is -2.16. The predicted octanol–water partition coefficient (Wildman–Crippen LogP) is 1.27. The summed E-state index contributed by atoms with van der Waals surface area (Å²) in [7, 11) is 0. The summed E-state index contributed by atoms with van der Waals surface area (Å²) in [6.07, 6.45) is -0.864. The lowest BCUT2D eigenvalue weighted by atomic mass is 10.3. The molecule has 0 amide bonds. The van der Waals surface area contributed by atoms with Gasteiger partial charge in [-0.05, 0) is 6.42 Å². The van der Waals surface area contributed by atoms with Gasteiger partial charge in [-0.25, -0.2) is 4.79 Å². The second-order valence-corrected chi connectivity index (χ2v) is 2.52. The van der Waals surface area contributed by atoms with E-state index in [1.807, 2.05) is 6.08 Å². The summed E-state index contributed by atoms with van der Waals surface area (Å²) in [5.41, 5.74) is 0. The Kier molecular flexibility index (Phi) is 2.92. The molecule has 0 fully saturated rings. The number of alkyl halides is 3. The molecule has 0 aromatic rings. The number of carbonyl (C=O) groups is 1. The van der Waals surface area contributed by atoms with Crippen LogP contribution in [0, 0.1) is 0 Å². The van der Waals surface area contributed by atoms with E-state index in [2.05, 4.69) is 4.84 Å². The van der Waals surface area contributed by atoms with Crippen LogP contribution in [-0.2, 0) is 9.63 Å². The molecule has 0 aromatic heterocycles. The largest absolute Gasteiger partial charge is 0.492 e. The maximum atomic E-state index is 11.7. The van der Waals surface area contributed by atoms with Gasteiger partial charge < -0.3 is 4.84 Å². The van der Waals surface area contributed by atoms with E-state index >= 15 is 0 Å². The maximum Gasteiger partial charge on any atom is 0.492 e. The highest BCUT2D eigenvalue weighted by Gasteiger charge is 2.42. The van der Waals surface area contributed by atoms with E-state index < -0.39 is 12.1 Å². The second kappa shape index (κ2) is 3.78. The van der Waals surface area contributed by atoms with Crippen LogP contribution in [0.25, 0.3) is 0 Å². The normalized spacial score (nSPS) is 18.7. The fraction of sp³-hybridized carbons (Fsp3) is 0.571. The van der Waals surface area contributed by atoms with Crippen molar-refractivity contribution < 1.29 is 22.8 Å². The van der Waals surface area contributed by atoms with Crippen LogP contribution in [0.15, 0.2) is 12.2 Å². The van der Waals surface area contributed by atoms with Crippen LogP contribution in [-0.4, -0.2) is 30.3 Å².